The molecule has 0 fully saturated rings. The van der Waals surface area contributed by atoms with Crippen molar-refractivity contribution in [2.75, 3.05) is 23.0 Å². The molecule has 6 heteroatoms. The first kappa shape index (κ1) is 21.5. The number of carbonyl (C=O) groups excluding carboxylic acids is 2. The Morgan fingerprint density at radius 1 is 0.941 bits per heavy atom. The van der Waals surface area contributed by atoms with Gasteiger partial charge >= 0.3 is 0 Å². The third-order valence-electron chi connectivity index (χ3n) is 6.15. The Kier molecular flexibility index (Phi) is 5.60. The first-order chi connectivity index (χ1) is 16.6. The summed E-state index contributed by atoms with van der Waals surface area (Å²) in [5.74, 6) is -0.0374. The van der Waals surface area contributed by atoms with Gasteiger partial charge in [-0.15, -0.1) is 0 Å². The third kappa shape index (κ3) is 3.61. The fourth-order valence-electron chi connectivity index (χ4n) is 4.60. The maximum atomic E-state index is 13.8. The SMILES string of the molecule is CCOc1ccc(C2=C(N3CCCc4ccccc43)C(=O)N(c3ccc(C#N)cc3)C2=O)cc1. The van der Waals surface area contributed by atoms with Gasteiger partial charge in [-0.05, 0) is 73.4 Å². The molecule has 0 atom stereocenters. The van der Waals surface area contributed by atoms with Gasteiger partial charge in [-0.1, -0.05) is 30.3 Å². The van der Waals surface area contributed by atoms with Crippen LogP contribution in [-0.2, 0) is 16.0 Å². The molecule has 34 heavy (non-hydrogen) atoms. The highest BCUT2D eigenvalue weighted by Gasteiger charge is 2.43. The number of imide groups is 1. The molecule has 0 aliphatic carbocycles. The molecule has 2 heterocycles. The van der Waals surface area contributed by atoms with Crippen LogP contribution in [0.5, 0.6) is 5.75 Å². The van der Waals surface area contributed by atoms with E-state index in [1.165, 1.54) is 4.90 Å². The van der Waals surface area contributed by atoms with Crippen LogP contribution in [0.15, 0.2) is 78.5 Å². The highest BCUT2D eigenvalue weighted by atomic mass is 16.5. The van der Waals surface area contributed by atoms with Crippen molar-refractivity contribution >= 4 is 28.8 Å². The number of amides is 2. The van der Waals surface area contributed by atoms with E-state index in [1.54, 1.807) is 24.3 Å². The summed E-state index contributed by atoms with van der Waals surface area (Å²) in [5, 5.41) is 9.13. The highest BCUT2D eigenvalue weighted by molar-refractivity contribution is 6.46. The maximum Gasteiger partial charge on any atom is 0.282 e. The lowest BCUT2D eigenvalue weighted by Crippen LogP contribution is -2.37. The standard InChI is InChI=1S/C28H23N3O3/c1-2-34-23-15-11-21(12-16-23)25-26(30-17-5-7-20-6-3-4-8-24(20)30)28(33)31(27(25)32)22-13-9-19(18-29)10-14-22/h3-4,6,8-16H,2,5,7,17H2,1H3. The largest absolute Gasteiger partial charge is 0.494 e. The number of nitrogens with zero attached hydrogens (tertiary/aromatic N) is 3. The van der Waals surface area contributed by atoms with Crippen LogP contribution in [0.25, 0.3) is 5.57 Å². The van der Waals surface area contributed by atoms with E-state index in [4.69, 9.17) is 10.00 Å². The van der Waals surface area contributed by atoms with Crippen LogP contribution in [0.2, 0.25) is 0 Å². The van der Waals surface area contributed by atoms with E-state index in [0.29, 0.717) is 47.0 Å². The summed E-state index contributed by atoms with van der Waals surface area (Å²) < 4.78 is 5.56. The number of aryl methyl sites for hydroxylation is 1. The van der Waals surface area contributed by atoms with E-state index in [9.17, 15) is 9.59 Å². The van der Waals surface area contributed by atoms with Gasteiger partial charge in [-0.25, -0.2) is 4.90 Å². The van der Waals surface area contributed by atoms with Gasteiger partial charge in [-0.3, -0.25) is 9.59 Å². The Labute approximate surface area is 198 Å². The predicted molar refractivity (Wildman–Crippen MR) is 130 cm³/mol. The second-order valence-corrected chi connectivity index (χ2v) is 8.17. The number of anilines is 2. The number of hydrogen-bond donors (Lipinski definition) is 0. The Morgan fingerprint density at radius 2 is 1.68 bits per heavy atom. The topological polar surface area (TPSA) is 73.6 Å². The van der Waals surface area contributed by atoms with E-state index in [0.717, 1.165) is 24.1 Å². The minimum Gasteiger partial charge on any atom is -0.494 e. The van der Waals surface area contributed by atoms with Gasteiger partial charge < -0.3 is 9.64 Å². The van der Waals surface area contributed by atoms with Gasteiger partial charge in [0.1, 0.15) is 11.4 Å². The third-order valence-corrected chi connectivity index (χ3v) is 6.15. The Bertz CT molecular complexity index is 1330. The van der Waals surface area contributed by atoms with Crippen molar-refractivity contribution in [3.63, 3.8) is 0 Å². The van der Waals surface area contributed by atoms with Crippen molar-refractivity contribution in [3.05, 3.63) is 95.2 Å². The van der Waals surface area contributed by atoms with Gasteiger partial charge in [0.05, 0.1) is 29.5 Å². The number of carbonyl (C=O) groups is 2. The predicted octanol–water partition coefficient (Wildman–Crippen LogP) is 4.69. The summed E-state index contributed by atoms with van der Waals surface area (Å²) >= 11 is 0. The molecule has 0 spiro atoms. The van der Waals surface area contributed by atoms with E-state index >= 15 is 0 Å². The lowest BCUT2D eigenvalue weighted by atomic mass is 9.98. The second kappa shape index (κ2) is 8.87. The van der Waals surface area contributed by atoms with Crippen molar-refractivity contribution in [2.45, 2.75) is 19.8 Å². The molecule has 168 valence electrons. The number of para-hydroxylation sites is 1. The lowest BCUT2D eigenvalue weighted by Gasteiger charge is -2.32. The summed E-state index contributed by atoms with van der Waals surface area (Å²) in [5.41, 5.74) is 4.43. The van der Waals surface area contributed by atoms with Gasteiger partial charge in [0.2, 0.25) is 0 Å². The van der Waals surface area contributed by atoms with Crippen molar-refractivity contribution in [1.29, 1.82) is 5.26 Å². The molecule has 0 N–H and O–H groups in total. The van der Waals surface area contributed by atoms with E-state index in [2.05, 4.69) is 12.1 Å². The summed E-state index contributed by atoms with van der Waals surface area (Å²) in [7, 11) is 0. The second-order valence-electron chi connectivity index (χ2n) is 8.17. The van der Waals surface area contributed by atoms with Gasteiger partial charge in [0.15, 0.2) is 0 Å². The molecule has 0 radical (unpaired) electrons. The minimum atomic E-state index is -0.378. The number of hydrogen-bond acceptors (Lipinski definition) is 5. The Morgan fingerprint density at radius 3 is 2.38 bits per heavy atom. The molecule has 0 unspecified atom stereocenters. The molecular weight excluding hydrogens is 426 g/mol. The molecule has 0 aromatic heterocycles. The number of benzene rings is 3. The monoisotopic (exact) mass is 449 g/mol. The normalized spacial score (nSPS) is 15.4. The number of rotatable bonds is 5. The average Bonchev–Trinajstić information content (AvgIpc) is 3.14. The van der Waals surface area contributed by atoms with Crippen LogP contribution < -0.4 is 14.5 Å². The molecule has 6 nitrogen and oxygen atoms in total. The van der Waals surface area contributed by atoms with Crippen LogP contribution in [-0.4, -0.2) is 25.0 Å². The first-order valence-electron chi connectivity index (χ1n) is 11.3. The summed E-state index contributed by atoms with van der Waals surface area (Å²) in [6.45, 7) is 3.10. The van der Waals surface area contributed by atoms with E-state index < -0.39 is 0 Å². The molecule has 3 aromatic rings. The molecule has 0 saturated heterocycles. The summed E-state index contributed by atoms with van der Waals surface area (Å²) in [6.07, 6.45) is 1.81. The van der Waals surface area contributed by atoms with Crippen LogP contribution >= 0.6 is 0 Å². The maximum absolute atomic E-state index is 13.8. The summed E-state index contributed by atoms with van der Waals surface area (Å²) in [4.78, 5) is 30.8. The van der Waals surface area contributed by atoms with E-state index in [-0.39, 0.29) is 11.8 Å². The molecule has 0 saturated carbocycles. The minimum absolute atomic E-state index is 0.365. The zero-order chi connectivity index (χ0) is 23.7. The molecule has 3 aromatic carbocycles. The number of ether oxygens (including phenoxy) is 1. The first-order valence-corrected chi connectivity index (χ1v) is 11.3. The zero-order valence-corrected chi connectivity index (χ0v) is 18.8. The molecule has 0 bridgehead atoms. The van der Waals surface area contributed by atoms with Gasteiger partial charge in [0, 0.05) is 12.2 Å². The summed E-state index contributed by atoms with van der Waals surface area (Å²) in [6, 6.07) is 23.9. The van der Waals surface area contributed by atoms with Crippen molar-refractivity contribution in [2.24, 2.45) is 0 Å². The fourth-order valence-corrected chi connectivity index (χ4v) is 4.60. The fraction of sp³-hybridized carbons (Fsp3) is 0.179. The average molecular weight is 450 g/mol. The Balaban J connectivity index is 1.65. The van der Waals surface area contributed by atoms with Crippen molar-refractivity contribution < 1.29 is 14.3 Å². The molecule has 2 aliphatic heterocycles. The molecule has 2 amide bonds. The van der Waals surface area contributed by atoms with Crippen molar-refractivity contribution in [1.82, 2.24) is 0 Å². The van der Waals surface area contributed by atoms with Gasteiger partial charge in [-0.2, -0.15) is 5.26 Å². The molecule has 2 aliphatic rings. The lowest BCUT2D eigenvalue weighted by molar-refractivity contribution is -0.120. The number of nitriles is 1. The van der Waals surface area contributed by atoms with Crippen LogP contribution in [0, 0.1) is 11.3 Å². The van der Waals surface area contributed by atoms with Crippen LogP contribution in [0.1, 0.15) is 30.0 Å². The zero-order valence-electron chi connectivity index (χ0n) is 18.8. The quantitative estimate of drug-likeness (QED) is 0.528. The van der Waals surface area contributed by atoms with E-state index in [1.807, 2.05) is 54.3 Å². The smallest absolute Gasteiger partial charge is 0.282 e. The molecular formula is C28H23N3O3. The van der Waals surface area contributed by atoms with Gasteiger partial charge in [0.25, 0.3) is 11.8 Å². The van der Waals surface area contributed by atoms with Crippen LogP contribution in [0.3, 0.4) is 0 Å². The molecule has 5 rings (SSSR count). The van der Waals surface area contributed by atoms with Crippen LogP contribution in [0.4, 0.5) is 11.4 Å². The number of fused-ring (bicyclic) bond motifs is 1. The highest BCUT2D eigenvalue weighted by Crippen LogP contribution is 2.39. The van der Waals surface area contributed by atoms with Crippen molar-refractivity contribution in [3.8, 4) is 11.8 Å². The Hall–Kier alpha value is -4.37.